The Labute approximate surface area is 118 Å². The minimum absolute atomic E-state index is 0.119. The Kier molecular flexibility index (Phi) is 3.45. The van der Waals surface area contributed by atoms with Crippen LogP contribution in [-0.2, 0) is 4.79 Å². The summed E-state index contributed by atoms with van der Waals surface area (Å²) >= 11 is 0. The van der Waals surface area contributed by atoms with Crippen molar-refractivity contribution in [3.63, 3.8) is 0 Å². The van der Waals surface area contributed by atoms with Crippen molar-refractivity contribution in [2.24, 2.45) is 5.92 Å². The predicted molar refractivity (Wildman–Crippen MR) is 79.9 cm³/mol. The van der Waals surface area contributed by atoms with Gasteiger partial charge in [-0.05, 0) is 42.3 Å². The highest BCUT2D eigenvalue weighted by atomic mass is 16.4. The van der Waals surface area contributed by atoms with Crippen molar-refractivity contribution in [2.45, 2.75) is 12.3 Å². The molecule has 0 unspecified atom stereocenters. The molecule has 1 N–H and O–H groups in total. The second-order valence-electron chi connectivity index (χ2n) is 5.71. The fraction of sp³-hybridized carbons (Fsp3) is 0.353. The van der Waals surface area contributed by atoms with E-state index in [9.17, 15) is 9.90 Å². The molecular weight excluding hydrogens is 250 g/mol. The normalized spacial score (nSPS) is 23.9. The maximum absolute atomic E-state index is 11.5. The van der Waals surface area contributed by atoms with Gasteiger partial charge in [0.05, 0.1) is 5.92 Å². The fourth-order valence-electron chi connectivity index (χ4n) is 3.20. The lowest BCUT2D eigenvalue weighted by Crippen LogP contribution is -2.40. The summed E-state index contributed by atoms with van der Waals surface area (Å²) in [6, 6.07) is 14.6. The van der Waals surface area contributed by atoms with Crippen molar-refractivity contribution in [1.82, 2.24) is 4.90 Å². The number of fused-ring (bicyclic) bond motifs is 1. The van der Waals surface area contributed by atoms with Gasteiger partial charge in [-0.3, -0.25) is 4.79 Å². The van der Waals surface area contributed by atoms with Crippen LogP contribution in [0.15, 0.2) is 42.5 Å². The van der Waals surface area contributed by atoms with Crippen LogP contribution in [0.5, 0.6) is 0 Å². The first-order chi connectivity index (χ1) is 9.65. The number of hydrogen-bond acceptors (Lipinski definition) is 2. The number of aliphatic carboxylic acids is 1. The number of likely N-dealkylation sites (tertiary alicyclic amines) is 1. The summed E-state index contributed by atoms with van der Waals surface area (Å²) in [6.07, 6.45) is 0.909. The molecule has 2 atom stereocenters. The smallest absolute Gasteiger partial charge is 0.308 e. The Bertz CT molecular complexity index is 638. The van der Waals surface area contributed by atoms with Gasteiger partial charge in [-0.15, -0.1) is 0 Å². The molecule has 0 saturated carbocycles. The molecule has 1 heterocycles. The molecule has 20 heavy (non-hydrogen) atoms. The van der Waals surface area contributed by atoms with Gasteiger partial charge >= 0.3 is 5.97 Å². The average Bonchev–Trinajstić information content (AvgIpc) is 2.46. The summed E-state index contributed by atoms with van der Waals surface area (Å²) in [5.41, 5.74) is 1.16. The van der Waals surface area contributed by atoms with E-state index in [1.54, 1.807) is 0 Å². The molecule has 1 saturated heterocycles. The number of carbonyl (C=O) groups is 1. The summed E-state index contributed by atoms with van der Waals surface area (Å²) in [5, 5.41) is 11.9. The van der Waals surface area contributed by atoms with Gasteiger partial charge in [0.2, 0.25) is 0 Å². The Hall–Kier alpha value is -1.87. The number of piperidine rings is 1. The zero-order chi connectivity index (χ0) is 14.1. The van der Waals surface area contributed by atoms with Crippen LogP contribution in [0.2, 0.25) is 0 Å². The monoisotopic (exact) mass is 269 g/mol. The number of rotatable bonds is 2. The highest BCUT2D eigenvalue weighted by Gasteiger charge is 2.34. The molecule has 0 radical (unpaired) electrons. The molecule has 0 spiro atoms. The number of benzene rings is 2. The molecule has 2 aromatic carbocycles. The summed E-state index contributed by atoms with van der Waals surface area (Å²) in [5.74, 6) is -0.877. The Morgan fingerprint density at radius 3 is 2.70 bits per heavy atom. The number of nitrogens with zero attached hydrogens (tertiary/aromatic N) is 1. The van der Waals surface area contributed by atoms with Gasteiger partial charge in [-0.1, -0.05) is 42.5 Å². The molecule has 2 aromatic rings. The molecule has 3 rings (SSSR count). The van der Waals surface area contributed by atoms with Crippen LogP contribution in [0.4, 0.5) is 0 Å². The maximum Gasteiger partial charge on any atom is 0.308 e. The van der Waals surface area contributed by atoms with E-state index in [4.69, 9.17) is 0 Å². The van der Waals surface area contributed by atoms with Crippen molar-refractivity contribution >= 4 is 16.7 Å². The van der Waals surface area contributed by atoms with Crippen LogP contribution in [-0.4, -0.2) is 36.1 Å². The average molecular weight is 269 g/mol. The minimum atomic E-state index is -0.685. The highest BCUT2D eigenvalue weighted by Crippen LogP contribution is 2.34. The van der Waals surface area contributed by atoms with E-state index < -0.39 is 5.97 Å². The standard InChI is InChI=1S/C17H19NO2/c1-18-9-8-15(16(11-18)17(19)20)14-7-6-12-4-2-3-5-13(12)10-14/h2-7,10,15-16H,8-9,11H2,1H3,(H,19,20)/t15-,16-/m1/s1. The SMILES string of the molecule is CN1CC[C@H](c2ccc3ccccc3c2)[C@H](C(=O)O)C1. The summed E-state index contributed by atoms with van der Waals surface area (Å²) in [6.45, 7) is 1.59. The van der Waals surface area contributed by atoms with Crippen LogP contribution in [0, 0.1) is 5.92 Å². The number of carboxylic acids is 1. The summed E-state index contributed by atoms with van der Waals surface area (Å²) in [4.78, 5) is 13.6. The molecule has 0 aromatic heterocycles. The third kappa shape index (κ3) is 2.41. The van der Waals surface area contributed by atoms with E-state index in [-0.39, 0.29) is 11.8 Å². The number of hydrogen-bond donors (Lipinski definition) is 1. The first kappa shape index (κ1) is 13.1. The summed E-state index contributed by atoms with van der Waals surface area (Å²) < 4.78 is 0. The van der Waals surface area contributed by atoms with E-state index >= 15 is 0 Å². The molecule has 0 amide bonds. The fourth-order valence-corrected chi connectivity index (χ4v) is 3.20. The lowest BCUT2D eigenvalue weighted by molar-refractivity contribution is -0.144. The van der Waals surface area contributed by atoms with Gasteiger partial charge in [-0.2, -0.15) is 0 Å². The summed E-state index contributed by atoms with van der Waals surface area (Å²) in [7, 11) is 1.99. The molecule has 1 aliphatic rings. The van der Waals surface area contributed by atoms with E-state index in [1.807, 2.05) is 19.2 Å². The lowest BCUT2D eigenvalue weighted by atomic mass is 9.80. The van der Waals surface area contributed by atoms with E-state index in [0.29, 0.717) is 6.54 Å². The van der Waals surface area contributed by atoms with Crippen LogP contribution < -0.4 is 0 Å². The molecule has 1 aliphatic heterocycles. The third-order valence-corrected chi connectivity index (χ3v) is 4.33. The largest absolute Gasteiger partial charge is 0.481 e. The highest BCUT2D eigenvalue weighted by molar-refractivity contribution is 5.83. The zero-order valence-electron chi connectivity index (χ0n) is 11.6. The second-order valence-corrected chi connectivity index (χ2v) is 5.71. The molecular formula is C17H19NO2. The van der Waals surface area contributed by atoms with Crippen LogP contribution in [0.25, 0.3) is 10.8 Å². The van der Waals surface area contributed by atoms with Crippen LogP contribution >= 0.6 is 0 Å². The van der Waals surface area contributed by atoms with Gasteiger partial charge < -0.3 is 10.0 Å². The lowest BCUT2D eigenvalue weighted by Gasteiger charge is -2.34. The van der Waals surface area contributed by atoms with Gasteiger partial charge in [0.15, 0.2) is 0 Å². The quantitative estimate of drug-likeness (QED) is 0.911. The molecule has 104 valence electrons. The van der Waals surface area contributed by atoms with Crippen molar-refractivity contribution < 1.29 is 9.90 Å². The van der Waals surface area contributed by atoms with E-state index in [2.05, 4.69) is 35.2 Å². The Morgan fingerprint density at radius 2 is 1.95 bits per heavy atom. The Balaban J connectivity index is 1.97. The minimum Gasteiger partial charge on any atom is -0.481 e. The third-order valence-electron chi connectivity index (χ3n) is 4.33. The van der Waals surface area contributed by atoms with Gasteiger partial charge in [0.1, 0.15) is 0 Å². The van der Waals surface area contributed by atoms with Crippen LogP contribution in [0.1, 0.15) is 17.9 Å². The molecule has 1 fully saturated rings. The van der Waals surface area contributed by atoms with Crippen LogP contribution in [0.3, 0.4) is 0 Å². The molecule has 0 bridgehead atoms. The second kappa shape index (κ2) is 5.25. The zero-order valence-corrected chi connectivity index (χ0v) is 11.6. The van der Waals surface area contributed by atoms with Crippen molar-refractivity contribution in [3.8, 4) is 0 Å². The van der Waals surface area contributed by atoms with Gasteiger partial charge in [-0.25, -0.2) is 0 Å². The van der Waals surface area contributed by atoms with E-state index in [1.165, 1.54) is 10.8 Å². The van der Waals surface area contributed by atoms with Crippen molar-refractivity contribution in [1.29, 1.82) is 0 Å². The number of carboxylic acid groups (broad SMARTS) is 1. The first-order valence-electron chi connectivity index (χ1n) is 7.05. The van der Waals surface area contributed by atoms with Crippen molar-refractivity contribution in [3.05, 3.63) is 48.0 Å². The first-order valence-corrected chi connectivity index (χ1v) is 7.05. The van der Waals surface area contributed by atoms with Gasteiger partial charge in [0.25, 0.3) is 0 Å². The Morgan fingerprint density at radius 1 is 1.20 bits per heavy atom. The topological polar surface area (TPSA) is 40.5 Å². The molecule has 3 heteroatoms. The molecule has 0 aliphatic carbocycles. The van der Waals surface area contributed by atoms with E-state index in [0.717, 1.165) is 18.5 Å². The van der Waals surface area contributed by atoms with Gasteiger partial charge in [0, 0.05) is 6.54 Å². The van der Waals surface area contributed by atoms with Crippen molar-refractivity contribution in [2.75, 3.05) is 20.1 Å². The maximum atomic E-state index is 11.5. The molecule has 3 nitrogen and oxygen atoms in total. The predicted octanol–water partition coefficient (Wildman–Crippen LogP) is 2.96.